The van der Waals surface area contributed by atoms with Gasteiger partial charge in [0.1, 0.15) is 0 Å². The fourth-order valence-corrected chi connectivity index (χ4v) is 3.35. The Balaban J connectivity index is 1.56. The predicted octanol–water partition coefficient (Wildman–Crippen LogP) is 4.93. The van der Waals surface area contributed by atoms with Crippen LogP contribution in [-0.2, 0) is 13.1 Å². The number of nitrogens with zero attached hydrogens (tertiary/aromatic N) is 1. The van der Waals surface area contributed by atoms with Crippen LogP contribution in [0.1, 0.15) is 42.4 Å². The zero-order valence-corrected chi connectivity index (χ0v) is 15.3. The van der Waals surface area contributed by atoms with Crippen LogP contribution in [0.3, 0.4) is 0 Å². The van der Waals surface area contributed by atoms with Gasteiger partial charge in [0.2, 0.25) is 0 Å². The van der Waals surface area contributed by atoms with Crippen molar-refractivity contribution in [3.63, 3.8) is 0 Å². The topological polar surface area (TPSA) is 44.4 Å². The molecule has 0 radical (unpaired) electrons. The van der Waals surface area contributed by atoms with Crippen molar-refractivity contribution < 1.29 is 13.6 Å². The van der Waals surface area contributed by atoms with Gasteiger partial charge in [0.05, 0.1) is 0 Å². The molecule has 2 amide bonds. The van der Waals surface area contributed by atoms with Crippen LogP contribution < -0.4 is 10.6 Å². The highest BCUT2D eigenvalue weighted by molar-refractivity contribution is 5.89. The summed E-state index contributed by atoms with van der Waals surface area (Å²) in [5, 5.41) is 5.43. The van der Waals surface area contributed by atoms with Crippen LogP contribution in [0.2, 0.25) is 0 Å². The third-order valence-corrected chi connectivity index (χ3v) is 4.80. The van der Waals surface area contributed by atoms with Crippen LogP contribution in [0.5, 0.6) is 0 Å². The molecule has 1 heterocycles. The Morgan fingerprint density at radius 3 is 2.48 bits per heavy atom. The summed E-state index contributed by atoms with van der Waals surface area (Å²) in [6, 6.07) is 13.4. The van der Waals surface area contributed by atoms with E-state index in [1.807, 2.05) is 18.2 Å². The Bertz CT molecular complexity index is 761. The SMILES string of the molecule is O=C(NCc1ccccc1CN1CCCCC1)Nc1cccc(C(F)F)c1. The molecular weight excluding hydrogens is 348 g/mol. The van der Waals surface area contributed by atoms with E-state index in [0.29, 0.717) is 12.2 Å². The average molecular weight is 373 g/mol. The second-order valence-electron chi connectivity index (χ2n) is 6.84. The first kappa shape index (κ1) is 19.3. The number of benzene rings is 2. The van der Waals surface area contributed by atoms with Crippen molar-refractivity contribution in [2.24, 2.45) is 0 Å². The van der Waals surface area contributed by atoms with E-state index in [0.717, 1.165) is 25.2 Å². The minimum Gasteiger partial charge on any atom is -0.334 e. The molecule has 1 saturated heterocycles. The Kier molecular flexibility index (Phi) is 6.76. The van der Waals surface area contributed by atoms with Gasteiger partial charge in [0.25, 0.3) is 6.43 Å². The average Bonchev–Trinajstić information content (AvgIpc) is 2.68. The Morgan fingerprint density at radius 1 is 1.00 bits per heavy atom. The van der Waals surface area contributed by atoms with Gasteiger partial charge in [-0.15, -0.1) is 0 Å². The maximum absolute atomic E-state index is 12.8. The van der Waals surface area contributed by atoms with Crippen LogP contribution in [0, 0.1) is 0 Å². The molecule has 6 heteroatoms. The number of amides is 2. The number of carbonyl (C=O) groups is 1. The fourth-order valence-electron chi connectivity index (χ4n) is 3.35. The summed E-state index contributed by atoms with van der Waals surface area (Å²) in [4.78, 5) is 14.6. The lowest BCUT2D eigenvalue weighted by atomic mass is 10.0. The third-order valence-electron chi connectivity index (χ3n) is 4.80. The lowest BCUT2D eigenvalue weighted by Gasteiger charge is -2.27. The van der Waals surface area contributed by atoms with Crippen molar-refractivity contribution in [2.45, 2.75) is 38.8 Å². The number of hydrogen-bond donors (Lipinski definition) is 2. The molecule has 0 unspecified atom stereocenters. The highest BCUT2D eigenvalue weighted by Gasteiger charge is 2.13. The lowest BCUT2D eigenvalue weighted by Crippen LogP contribution is -2.31. The number of urea groups is 1. The summed E-state index contributed by atoms with van der Waals surface area (Å²) in [6.07, 6.45) is 1.21. The Labute approximate surface area is 158 Å². The molecule has 144 valence electrons. The molecule has 1 fully saturated rings. The molecule has 0 spiro atoms. The smallest absolute Gasteiger partial charge is 0.319 e. The molecule has 2 aromatic rings. The van der Waals surface area contributed by atoms with Crippen molar-refractivity contribution in [1.29, 1.82) is 0 Å². The molecule has 0 atom stereocenters. The highest BCUT2D eigenvalue weighted by Crippen LogP contribution is 2.21. The molecule has 1 aliphatic heterocycles. The minimum atomic E-state index is -2.56. The van der Waals surface area contributed by atoms with E-state index in [2.05, 4.69) is 21.6 Å². The maximum Gasteiger partial charge on any atom is 0.319 e. The predicted molar refractivity (Wildman–Crippen MR) is 103 cm³/mol. The number of piperidine rings is 1. The van der Waals surface area contributed by atoms with E-state index < -0.39 is 12.5 Å². The van der Waals surface area contributed by atoms with Gasteiger partial charge in [-0.25, -0.2) is 13.6 Å². The molecule has 2 N–H and O–H groups in total. The molecule has 2 aromatic carbocycles. The second kappa shape index (κ2) is 9.46. The molecule has 4 nitrogen and oxygen atoms in total. The van der Waals surface area contributed by atoms with Crippen LogP contribution in [0.15, 0.2) is 48.5 Å². The van der Waals surface area contributed by atoms with Gasteiger partial charge in [-0.1, -0.05) is 42.8 Å². The van der Waals surface area contributed by atoms with E-state index in [4.69, 9.17) is 0 Å². The second-order valence-corrected chi connectivity index (χ2v) is 6.84. The zero-order chi connectivity index (χ0) is 19.1. The summed E-state index contributed by atoms with van der Waals surface area (Å²) in [6.45, 7) is 3.51. The summed E-state index contributed by atoms with van der Waals surface area (Å²) in [5.41, 5.74) is 2.52. The molecular formula is C21H25F2N3O. The van der Waals surface area contributed by atoms with Gasteiger partial charge >= 0.3 is 6.03 Å². The number of carbonyl (C=O) groups excluding carboxylic acids is 1. The summed E-state index contributed by atoms with van der Waals surface area (Å²) in [7, 11) is 0. The number of alkyl halides is 2. The molecule has 0 aromatic heterocycles. The van der Waals surface area contributed by atoms with Gasteiger partial charge in [0, 0.05) is 24.3 Å². The molecule has 0 saturated carbocycles. The number of likely N-dealkylation sites (tertiary alicyclic amines) is 1. The standard InChI is InChI=1S/C21H25F2N3O/c22-20(23)16-9-6-10-19(13-16)25-21(27)24-14-17-7-2-3-8-18(17)15-26-11-4-1-5-12-26/h2-3,6-10,13,20H,1,4-5,11-12,14-15H2,(H2,24,25,27). The number of rotatable bonds is 6. The first-order chi connectivity index (χ1) is 13.1. The normalized spacial score (nSPS) is 14.9. The lowest BCUT2D eigenvalue weighted by molar-refractivity contribution is 0.151. The Hall–Kier alpha value is -2.47. The molecule has 0 bridgehead atoms. The summed E-state index contributed by atoms with van der Waals surface area (Å²) in [5.74, 6) is 0. The minimum absolute atomic E-state index is 0.111. The first-order valence-electron chi connectivity index (χ1n) is 9.34. The third kappa shape index (κ3) is 5.76. The quantitative estimate of drug-likeness (QED) is 0.754. The van der Waals surface area contributed by atoms with Crippen molar-refractivity contribution in [1.82, 2.24) is 10.2 Å². The van der Waals surface area contributed by atoms with Crippen LogP contribution in [0.4, 0.5) is 19.3 Å². The highest BCUT2D eigenvalue weighted by atomic mass is 19.3. The van der Waals surface area contributed by atoms with Crippen LogP contribution in [-0.4, -0.2) is 24.0 Å². The monoisotopic (exact) mass is 373 g/mol. The molecule has 27 heavy (non-hydrogen) atoms. The van der Waals surface area contributed by atoms with Crippen molar-refractivity contribution >= 4 is 11.7 Å². The first-order valence-corrected chi connectivity index (χ1v) is 9.34. The van der Waals surface area contributed by atoms with Crippen molar-refractivity contribution in [3.05, 3.63) is 65.2 Å². The molecule has 3 rings (SSSR count). The number of nitrogens with one attached hydrogen (secondary N) is 2. The van der Waals surface area contributed by atoms with Gasteiger partial charge < -0.3 is 10.6 Å². The fraction of sp³-hybridized carbons (Fsp3) is 0.381. The molecule has 0 aliphatic carbocycles. The Morgan fingerprint density at radius 2 is 1.74 bits per heavy atom. The van der Waals surface area contributed by atoms with E-state index >= 15 is 0 Å². The maximum atomic E-state index is 12.8. The van der Waals surface area contributed by atoms with Gasteiger partial charge in [-0.2, -0.15) is 0 Å². The van der Waals surface area contributed by atoms with E-state index in [1.54, 1.807) is 6.07 Å². The van der Waals surface area contributed by atoms with E-state index in [1.165, 1.54) is 43.0 Å². The summed E-state index contributed by atoms with van der Waals surface area (Å²) >= 11 is 0. The summed E-state index contributed by atoms with van der Waals surface area (Å²) < 4.78 is 25.5. The van der Waals surface area contributed by atoms with E-state index in [-0.39, 0.29) is 5.56 Å². The van der Waals surface area contributed by atoms with Crippen LogP contribution in [0.25, 0.3) is 0 Å². The van der Waals surface area contributed by atoms with E-state index in [9.17, 15) is 13.6 Å². The molecule has 1 aliphatic rings. The van der Waals surface area contributed by atoms with Gasteiger partial charge in [0.15, 0.2) is 0 Å². The van der Waals surface area contributed by atoms with Gasteiger partial charge in [-0.05, 0) is 49.2 Å². The van der Waals surface area contributed by atoms with Crippen molar-refractivity contribution in [2.75, 3.05) is 18.4 Å². The zero-order valence-electron chi connectivity index (χ0n) is 15.3. The van der Waals surface area contributed by atoms with Crippen molar-refractivity contribution in [3.8, 4) is 0 Å². The largest absolute Gasteiger partial charge is 0.334 e. The number of anilines is 1. The number of halogens is 2. The van der Waals surface area contributed by atoms with Crippen LogP contribution >= 0.6 is 0 Å². The van der Waals surface area contributed by atoms with Gasteiger partial charge in [-0.3, -0.25) is 4.90 Å². The number of hydrogen-bond acceptors (Lipinski definition) is 2.